The fourth-order valence-corrected chi connectivity index (χ4v) is 3.83. The molecule has 0 saturated carbocycles. The van der Waals surface area contributed by atoms with E-state index in [1.54, 1.807) is 24.4 Å². The minimum Gasteiger partial charge on any atom is -0.482 e. The lowest BCUT2D eigenvalue weighted by molar-refractivity contribution is -0.123. The van der Waals surface area contributed by atoms with Crippen LogP contribution in [0.3, 0.4) is 0 Å². The van der Waals surface area contributed by atoms with Crippen LogP contribution in [0.2, 0.25) is 10.0 Å². The van der Waals surface area contributed by atoms with Gasteiger partial charge in [-0.3, -0.25) is 4.79 Å². The van der Waals surface area contributed by atoms with Crippen LogP contribution in [0.15, 0.2) is 53.6 Å². The molecule has 2 aromatic carbocycles. The van der Waals surface area contributed by atoms with E-state index >= 15 is 0 Å². The minimum atomic E-state index is -0.390. The molecular weight excluding hydrogens is 445 g/mol. The highest BCUT2D eigenvalue weighted by molar-refractivity contribution is 6.35. The first-order valence-electron chi connectivity index (χ1n) is 10.3. The number of hydrazone groups is 1. The normalized spacial score (nSPS) is 11.7. The number of halogens is 2. The summed E-state index contributed by atoms with van der Waals surface area (Å²) in [6, 6.07) is 15.4. The zero-order valence-electron chi connectivity index (χ0n) is 18.9. The van der Waals surface area contributed by atoms with Crippen molar-refractivity contribution in [1.82, 2.24) is 9.99 Å². The first-order valence-corrected chi connectivity index (χ1v) is 11.0. The average molecular weight is 472 g/mol. The summed E-state index contributed by atoms with van der Waals surface area (Å²) in [5, 5.41) is 4.92. The average Bonchev–Trinajstić information content (AvgIpc) is 3.00. The van der Waals surface area contributed by atoms with E-state index in [0.29, 0.717) is 15.8 Å². The Morgan fingerprint density at radius 2 is 1.78 bits per heavy atom. The van der Waals surface area contributed by atoms with Crippen molar-refractivity contribution in [1.29, 1.82) is 0 Å². The Hall–Kier alpha value is -2.76. The zero-order valence-corrected chi connectivity index (χ0v) is 20.4. The molecule has 0 saturated heterocycles. The van der Waals surface area contributed by atoms with Crippen molar-refractivity contribution >= 4 is 35.3 Å². The fraction of sp³-hybridized carbons (Fsp3) is 0.280. The second kappa shape index (κ2) is 9.80. The van der Waals surface area contributed by atoms with Gasteiger partial charge < -0.3 is 9.30 Å². The molecular formula is C25H27Cl2N3O2. The van der Waals surface area contributed by atoms with Crippen molar-refractivity contribution in [2.75, 3.05) is 6.61 Å². The summed E-state index contributed by atoms with van der Waals surface area (Å²) in [5.41, 5.74) is 8.00. The maximum Gasteiger partial charge on any atom is 0.277 e. The smallest absolute Gasteiger partial charge is 0.277 e. The minimum absolute atomic E-state index is 0.109. The number of nitrogens with one attached hydrogen (secondary N) is 1. The molecule has 0 atom stereocenters. The first kappa shape index (κ1) is 23.9. The van der Waals surface area contributed by atoms with Crippen molar-refractivity contribution in [2.45, 2.75) is 40.0 Å². The largest absolute Gasteiger partial charge is 0.482 e. The highest BCUT2D eigenvalue weighted by Crippen LogP contribution is 2.27. The van der Waals surface area contributed by atoms with Crippen molar-refractivity contribution in [3.63, 3.8) is 0 Å². The Bertz CT molecular complexity index is 1140. The van der Waals surface area contributed by atoms with Gasteiger partial charge in [-0.15, -0.1) is 0 Å². The molecule has 7 heteroatoms. The highest BCUT2D eigenvalue weighted by Gasteiger charge is 2.15. The third kappa shape index (κ3) is 5.72. The molecule has 1 aromatic heterocycles. The molecule has 0 aliphatic rings. The number of hydrogen-bond donors (Lipinski definition) is 1. The molecule has 0 spiro atoms. The second-order valence-corrected chi connectivity index (χ2v) is 9.46. The maximum absolute atomic E-state index is 12.1. The summed E-state index contributed by atoms with van der Waals surface area (Å²) < 4.78 is 7.58. The van der Waals surface area contributed by atoms with Crippen LogP contribution in [0.25, 0.3) is 5.69 Å². The van der Waals surface area contributed by atoms with Gasteiger partial charge in [-0.25, -0.2) is 5.43 Å². The Morgan fingerprint density at radius 1 is 1.09 bits per heavy atom. The summed E-state index contributed by atoms with van der Waals surface area (Å²) in [6.07, 6.45) is 1.63. The Morgan fingerprint density at radius 3 is 2.41 bits per heavy atom. The fourth-order valence-electron chi connectivity index (χ4n) is 3.37. The molecule has 0 bridgehead atoms. The molecule has 3 rings (SSSR count). The van der Waals surface area contributed by atoms with Gasteiger partial charge in [0.05, 0.1) is 11.2 Å². The Kier molecular flexibility index (Phi) is 7.32. The van der Waals surface area contributed by atoms with Crippen LogP contribution in [0, 0.1) is 13.8 Å². The van der Waals surface area contributed by atoms with Gasteiger partial charge in [-0.2, -0.15) is 5.10 Å². The summed E-state index contributed by atoms with van der Waals surface area (Å²) in [4.78, 5) is 12.1. The number of amides is 1. The molecule has 168 valence electrons. The van der Waals surface area contributed by atoms with Gasteiger partial charge in [-0.1, -0.05) is 56.1 Å². The SMILES string of the molecule is Cc1cc(/C=N/NC(=O)COc2ccc(Cl)cc2Cl)c(C)n1-c1ccc(C(C)(C)C)cc1. The van der Waals surface area contributed by atoms with Crippen LogP contribution in [0.1, 0.15) is 43.3 Å². The lowest BCUT2D eigenvalue weighted by atomic mass is 9.87. The monoisotopic (exact) mass is 471 g/mol. The van der Waals surface area contributed by atoms with Gasteiger partial charge in [0, 0.05) is 27.7 Å². The predicted molar refractivity (Wildman–Crippen MR) is 132 cm³/mol. The van der Waals surface area contributed by atoms with Crippen LogP contribution in [-0.4, -0.2) is 23.3 Å². The van der Waals surface area contributed by atoms with Crippen LogP contribution >= 0.6 is 23.2 Å². The van der Waals surface area contributed by atoms with Gasteiger partial charge in [0.1, 0.15) is 5.75 Å². The lowest BCUT2D eigenvalue weighted by Gasteiger charge is -2.20. The molecule has 0 aliphatic carbocycles. The quantitative estimate of drug-likeness (QED) is 0.342. The molecule has 0 fully saturated rings. The van der Waals surface area contributed by atoms with E-state index < -0.39 is 0 Å². The summed E-state index contributed by atoms with van der Waals surface area (Å²) >= 11 is 11.9. The van der Waals surface area contributed by atoms with Crippen molar-refractivity contribution in [2.24, 2.45) is 5.10 Å². The first-order chi connectivity index (χ1) is 15.1. The van der Waals surface area contributed by atoms with Crippen molar-refractivity contribution in [3.05, 3.63) is 81.1 Å². The number of hydrogen-bond acceptors (Lipinski definition) is 3. The molecule has 0 aliphatic heterocycles. The van der Waals surface area contributed by atoms with E-state index in [4.69, 9.17) is 27.9 Å². The van der Waals surface area contributed by atoms with E-state index in [-0.39, 0.29) is 17.9 Å². The molecule has 5 nitrogen and oxygen atoms in total. The summed E-state index contributed by atoms with van der Waals surface area (Å²) in [7, 11) is 0. The summed E-state index contributed by atoms with van der Waals surface area (Å²) in [6.45, 7) is 10.5. The van der Waals surface area contributed by atoms with Crippen molar-refractivity contribution in [3.8, 4) is 11.4 Å². The molecule has 1 heterocycles. The van der Waals surface area contributed by atoms with E-state index in [1.165, 1.54) is 5.56 Å². The standard InChI is InChI=1S/C25H27Cl2N3O2/c1-16-12-18(17(2)30(16)21-9-6-19(7-10-21)25(3,4)5)14-28-29-24(31)15-32-23-11-8-20(26)13-22(23)27/h6-14H,15H2,1-5H3,(H,29,31)/b28-14+. The number of aryl methyl sites for hydroxylation is 1. The third-order valence-corrected chi connectivity index (χ3v) is 5.64. The van der Waals surface area contributed by atoms with Gasteiger partial charge in [0.2, 0.25) is 0 Å². The van der Waals surface area contributed by atoms with E-state index in [9.17, 15) is 4.79 Å². The van der Waals surface area contributed by atoms with Gasteiger partial charge in [-0.05, 0) is 61.2 Å². The van der Waals surface area contributed by atoms with E-state index in [0.717, 1.165) is 22.6 Å². The number of carbonyl (C=O) groups excluding carboxylic acids is 1. The molecule has 0 unspecified atom stereocenters. The molecule has 1 amide bonds. The second-order valence-electron chi connectivity index (χ2n) is 8.62. The van der Waals surface area contributed by atoms with Crippen LogP contribution in [0.5, 0.6) is 5.75 Å². The molecule has 0 radical (unpaired) electrons. The van der Waals surface area contributed by atoms with E-state index in [1.807, 2.05) is 19.9 Å². The van der Waals surface area contributed by atoms with Gasteiger partial charge in [0.25, 0.3) is 5.91 Å². The maximum atomic E-state index is 12.1. The van der Waals surface area contributed by atoms with Gasteiger partial charge >= 0.3 is 0 Å². The van der Waals surface area contributed by atoms with Crippen molar-refractivity contribution < 1.29 is 9.53 Å². The zero-order chi connectivity index (χ0) is 23.5. The Balaban J connectivity index is 1.64. The number of nitrogens with zero attached hydrogens (tertiary/aromatic N) is 2. The van der Waals surface area contributed by atoms with Crippen LogP contribution in [0.4, 0.5) is 0 Å². The topological polar surface area (TPSA) is 55.6 Å². The molecule has 32 heavy (non-hydrogen) atoms. The predicted octanol–water partition coefficient (Wildman–Crippen LogP) is 6.23. The van der Waals surface area contributed by atoms with Crippen LogP contribution in [-0.2, 0) is 10.2 Å². The van der Waals surface area contributed by atoms with Crippen LogP contribution < -0.4 is 10.2 Å². The van der Waals surface area contributed by atoms with E-state index in [2.05, 4.69) is 60.1 Å². The van der Waals surface area contributed by atoms with Gasteiger partial charge in [0.15, 0.2) is 6.61 Å². The number of rotatable bonds is 6. The number of benzene rings is 2. The third-order valence-electron chi connectivity index (χ3n) is 5.11. The number of aromatic nitrogens is 1. The number of ether oxygens (including phenoxy) is 1. The lowest BCUT2D eigenvalue weighted by Crippen LogP contribution is -2.24. The summed E-state index contributed by atoms with van der Waals surface area (Å²) in [5.74, 6) is -0.00457. The Labute approximate surface area is 199 Å². The molecule has 1 N–H and O–H groups in total. The highest BCUT2D eigenvalue weighted by atomic mass is 35.5. The number of carbonyl (C=O) groups is 1. The molecule has 3 aromatic rings.